The second-order valence-electron chi connectivity index (χ2n) is 4.43. The molecular weight excluding hydrogens is 274 g/mol. The van der Waals surface area contributed by atoms with E-state index in [2.05, 4.69) is 5.32 Å². The fourth-order valence-corrected chi connectivity index (χ4v) is 2.41. The van der Waals surface area contributed by atoms with Gasteiger partial charge in [-0.15, -0.1) is 0 Å². The van der Waals surface area contributed by atoms with Gasteiger partial charge in [-0.2, -0.15) is 11.3 Å². The highest BCUT2D eigenvalue weighted by Crippen LogP contribution is 2.16. The molecule has 1 aromatic heterocycles. The van der Waals surface area contributed by atoms with Crippen molar-refractivity contribution in [2.75, 3.05) is 13.2 Å². The number of hydrogen-bond acceptors (Lipinski definition) is 4. The lowest BCUT2D eigenvalue weighted by atomic mass is 10.2. The predicted octanol–water partition coefficient (Wildman–Crippen LogP) is 2.29. The van der Waals surface area contributed by atoms with Gasteiger partial charge in [-0.3, -0.25) is 4.79 Å². The van der Waals surface area contributed by atoms with E-state index in [0.717, 1.165) is 11.1 Å². The monoisotopic (exact) mass is 291 g/mol. The number of thiophene rings is 1. The van der Waals surface area contributed by atoms with E-state index in [4.69, 9.17) is 4.74 Å². The molecule has 0 bridgehead atoms. The minimum absolute atomic E-state index is 0.0544. The molecule has 2 N–H and O–H groups in total. The summed E-state index contributed by atoms with van der Waals surface area (Å²) in [6, 6.07) is 9.36. The highest BCUT2D eigenvalue weighted by atomic mass is 32.1. The molecule has 2 rings (SSSR count). The van der Waals surface area contributed by atoms with E-state index in [1.165, 1.54) is 11.3 Å². The number of hydrogen-bond donors (Lipinski definition) is 2. The van der Waals surface area contributed by atoms with Crippen LogP contribution < -0.4 is 10.1 Å². The van der Waals surface area contributed by atoms with Gasteiger partial charge in [0, 0.05) is 6.54 Å². The van der Waals surface area contributed by atoms with Crippen LogP contribution in [0.1, 0.15) is 17.2 Å². The van der Waals surface area contributed by atoms with Crippen molar-refractivity contribution >= 4 is 17.2 Å². The third kappa shape index (κ3) is 4.08. The second-order valence-corrected chi connectivity index (χ2v) is 5.21. The zero-order valence-electron chi connectivity index (χ0n) is 11.2. The minimum Gasteiger partial charge on any atom is -0.484 e. The van der Waals surface area contributed by atoms with Gasteiger partial charge in [0.25, 0.3) is 5.91 Å². The number of ether oxygens (including phenoxy) is 1. The van der Waals surface area contributed by atoms with Crippen molar-refractivity contribution in [3.05, 3.63) is 52.2 Å². The Morgan fingerprint density at radius 2 is 2.20 bits per heavy atom. The lowest BCUT2D eigenvalue weighted by Crippen LogP contribution is -2.32. The molecule has 0 aliphatic heterocycles. The van der Waals surface area contributed by atoms with Crippen molar-refractivity contribution in [1.29, 1.82) is 0 Å². The largest absolute Gasteiger partial charge is 0.484 e. The molecule has 0 spiro atoms. The zero-order valence-corrected chi connectivity index (χ0v) is 12.0. The number of aryl methyl sites for hydroxylation is 1. The first-order valence-electron chi connectivity index (χ1n) is 6.32. The van der Waals surface area contributed by atoms with Gasteiger partial charge in [-0.25, -0.2) is 0 Å². The Bertz CT molecular complexity index is 554. The van der Waals surface area contributed by atoms with Crippen molar-refractivity contribution in [2.24, 2.45) is 0 Å². The lowest BCUT2D eigenvalue weighted by molar-refractivity contribution is -0.123. The van der Waals surface area contributed by atoms with Gasteiger partial charge in [0.1, 0.15) is 5.75 Å². The fourth-order valence-electron chi connectivity index (χ4n) is 1.71. The predicted molar refractivity (Wildman–Crippen MR) is 79.0 cm³/mol. The van der Waals surface area contributed by atoms with Crippen molar-refractivity contribution in [2.45, 2.75) is 13.0 Å². The van der Waals surface area contributed by atoms with Crippen LogP contribution in [0.2, 0.25) is 0 Å². The van der Waals surface area contributed by atoms with Crippen molar-refractivity contribution in [3.63, 3.8) is 0 Å². The first-order chi connectivity index (χ1) is 9.66. The van der Waals surface area contributed by atoms with Crippen molar-refractivity contribution < 1.29 is 14.6 Å². The first-order valence-corrected chi connectivity index (χ1v) is 7.26. The molecule has 0 aliphatic carbocycles. The molecule has 0 aliphatic rings. The number of rotatable bonds is 6. The second kappa shape index (κ2) is 7.07. The number of aliphatic hydroxyl groups excluding tert-OH is 1. The molecule has 0 saturated carbocycles. The van der Waals surface area contributed by atoms with Crippen LogP contribution >= 0.6 is 11.3 Å². The minimum atomic E-state index is -0.677. The highest BCUT2D eigenvalue weighted by molar-refractivity contribution is 7.07. The molecule has 1 aromatic carbocycles. The summed E-state index contributed by atoms with van der Waals surface area (Å²) in [5.41, 5.74) is 1.80. The standard InChI is InChI=1S/C15H17NO3S/c1-11-4-2-3-5-14(11)19-9-15(18)16-8-13(17)12-6-7-20-10-12/h2-7,10,13,17H,8-9H2,1H3,(H,16,18)/t13-/m0/s1. The Kier molecular flexibility index (Phi) is 5.15. The molecule has 106 valence electrons. The highest BCUT2D eigenvalue weighted by Gasteiger charge is 2.10. The van der Waals surface area contributed by atoms with Gasteiger partial charge in [0.15, 0.2) is 6.61 Å². The maximum atomic E-state index is 11.7. The van der Waals surface area contributed by atoms with E-state index in [1.54, 1.807) is 0 Å². The third-order valence-corrected chi connectivity index (χ3v) is 3.57. The topological polar surface area (TPSA) is 58.6 Å². The van der Waals surface area contributed by atoms with Crippen LogP contribution in [0, 0.1) is 6.92 Å². The number of benzene rings is 1. The Morgan fingerprint density at radius 3 is 2.90 bits per heavy atom. The van der Waals surface area contributed by atoms with E-state index >= 15 is 0 Å². The Morgan fingerprint density at radius 1 is 1.40 bits per heavy atom. The molecular formula is C15H17NO3S. The average molecular weight is 291 g/mol. The summed E-state index contributed by atoms with van der Waals surface area (Å²) in [5, 5.41) is 16.2. The molecule has 20 heavy (non-hydrogen) atoms. The number of carbonyl (C=O) groups excluding carboxylic acids is 1. The summed E-state index contributed by atoms with van der Waals surface area (Å²) in [6.45, 7) is 2.06. The Hall–Kier alpha value is -1.85. The van der Waals surface area contributed by atoms with Crippen LogP contribution in [0.15, 0.2) is 41.1 Å². The van der Waals surface area contributed by atoms with Crippen LogP contribution in [0.5, 0.6) is 5.75 Å². The quantitative estimate of drug-likeness (QED) is 0.858. The number of para-hydroxylation sites is 1. The molecule has 2 aromatic rings. The van der Waals surface area contributed by atoms with E-state index in [9.17, 15) is 9.90 Å². The number of nitrogens with one attached hydrogen (secondary N) is 1. The average Bonchev–Trinajstić information content (AvgIpc) is 2.98. The fraction of sp³-hybridized carbons (Fsp3) is 0.267. The Labute approximate surface area is 122 Å². The molecule has 0 radical (unpaired) electrons. The van der Waals surface area contributed by atoms with Gasteiger partial charge in [-0.1, -0.05) is 18.2 Å². The zero-order chi connectivity index (χ0) is 14.4. The molecule has 5 heteroatoms. The van der Waals surface area contributed by atoms with Crippen LogP contribution in [0.25, 0.3) is 0 Å². The summed E-state index contributed by atoms with van der Waals surface area (Å²) in [6.07, 6.45) is -0.677. The van der Waals surface area contributed by atoms with Crippen LogP contribution in [0.4, 0.5) is 0 Å². The number of amides is 1. The SMILES string of the molecule is Cc1ccccc1OCC(=O)NC[C@H](O)c1ccsc1. The molecule has 1 heterocycles. The molecule has 0 fully saturated rings. The molecule has 4 nitrogen and oxygen atoms in total. The molecule has 1 amide bonds. The van der Waals surface area contributed by atoms with E-state index < -0.39 is 6.10 Å². The first kappa shape index (κ1) is 14.6. The maximum absolute atomic E-state index is 11.7. The lowest BCUT2D eigenvalue weighted by Gasteiger charge is -2.12. The van der Waals surface area contributed by atoms with Gasteiger partial charge in [0.05, 0.1) is 6.10 Å². The summed E-state index contributed by atoms with van der Waals surface area (Å²) in [5.74, 6) is 0.448. The molecule has 0 saturated heterocycles. The van der Waals surface area contributed by atoms with Gasteiger partial charge >= 0.3 is 0 Å². The Balaban J connectivity index is 1.75. The molecule has 1 atom stereocenters. The van der Waals surface area contributed by atoms with E-state index in [0.29, 0.717) is 5.75 Å². The summed E-state index contributed by atoms with van der Waals surface area (Å²) >= 11 is 1.51. The van der Waals surface area contributed by atoms with Gasteiger partial charge in [-0.05, 0) is 40.9 Å². The number of aliphatic hydroxyl groups is 1. The summed E-state index contributed by atoms with van der Waals surface area (Å²) < 4.78 is 5.43. The van der Waals surface area contributed by atoms with Gasteiger partial charge in [0.2, 0.25) is 0 Å². The number of carbonyl (C=O) groups is 1. The van der Waals surface area contributed by atoms with Crippen LogP contribution in [-0.4, -0.2) is 24.2 Å². The summed E-state index contributed by atoms with van der Waals surface area (Å²) in [4.78, 5) is 11.7. The van der Waals surface area contributed by atoms with Crippen molar-refractivity contribution in [3.8, 4) is 5.75 Å². The molecule has 0 unspecified atom stereocenters. The maximum Gasteiger partial charge on any atom is 0.258 e. The third-order valence-electron chi connectivity index (χ3n) is 2.87. The van der Waals surface area contributed by atoms with E-state index in [1.807, 2.05) is 48.0 Å². The van der Waals surface area contributed by atoms with Crippen molar-refractivity contribution in [1.82, 2.24) is 5.32 Å². The summed E-state index contributed by atoms with van der Waals surface area (Å²) in [7, 11) is 0. The van der Waals surface area contributed by atoms with Crippen LogP contribution in [-0.2, 0) is 4.79 Å². The van der Waals surface area contributed by atoms with Crippen LogP contribution in [0.3, 0.4) is 0 Å². The van der Waals surface area contributed by atoms with Gasteiger partial charge < -0.3 is 15.2 Å². The van der Waals surface area contributed by atoms with E-state index in [-0.39, 0.29) is 19.1 Å². The normalized spacial score (nSPS) is 11.9. The smallest absolute Gasteiger partial charge is 0.258 e.